The van der Waals surface area contributed by atoms with Crippen LogP contribution in [0.1, 0.15) is 32.5 Å². The first-order chi connectivity index (χ1) is 8.01. The van der Waals surface area contributed by atoms with Crippen molar-refractivity contribution in [2.75, 3.05) is 13.1 Å². The van der Waals surface area contributed by atoms with Crippen molar-refractivity contribution in [3.05, 3.63) is 30.1 Å². The maximum atomic E-state index is 12.0. The lowest BCUT2D eigenvalue weighted by molar-refractivity contribution is 0.428. The van der Waals surface area contributed by atoms with Crippen LogP contribution in [0.25, 0.3) is 0 Å². The van der Waals surface area contributed by atoms with Crippen LogP contribution in [0.5, 0.6) is 0 Å². The first kappa shape index (κ1) is 14.1. The second-order valence-electron chi connectivity index (χ2n) is 3.68. The first-order valence-corrected chi connectivity index (χ1v) is 7.13. The highest BCUT2D eigenvalue weighted by Crippen LogP contribution is 2.11. The standard InChI is InChI=1S/C11H19N3O2S/c1-4-14(5-2)17(15,16)13-10(3)11-8-6-7-9-12-11/h6-10,13H,4-5H2,1-3H3/t10-/m1/s1. The van der Waals surface area contributed by atoms with Gasteiger partial charge < -0.3 is 0 Å². The number of rotatable bonds is 6. The molecule has 96 valence electrons. The van der Waals surface area contributed by atoms with Gasteiger partial charge in [-0.05, 0) is 19.1 Å². The van der Waals surface area contributed by atoms with Crippen LogP contribution in [-0.2, 0) is 10.2 Å². The summed E-state index contributed by atoms with van der Waals surface area (Å²) in [5.74, 6) is 0. The molecule has 5 nitrogen and oxygen atoms in total. The molecule has 0 unspecified atom stereocenters. The van der Waals surface area contributed by atoms with Gasteiger partial charge in [-0.1, -0.05) is 19.9 Å². The minimum atomic E-state index is -3.43. The predicted molar refractivity (Wildman–Crippen MR) is 67.6 cm³/mol. The largest absolute Gasteiger partial charge is 0.280 e. The average Bonchev–Trinajstić information content (AvgIpc) is 2.30. The summed E-state index contributed by atoms with van der Waals surface area (Å²) in [7, 11) is -3.43. The third-order valence-corrected chi connectivity index (χ3v) is 4.35. The van der Waals surface area contributed by atoms with Crippen LogP contribution in [0.4, 0.5) is 0 Å². The molecule has 6 heteroatoms. The van der Waals surface area contributed by atoms with E-state index in [0.29, 0.717) is 18.8 Å². The van der Waals surface area contributed by atoms with Gasteiger partial charge >= 0.3 is 0 Å². The molecule has 17 heavy (non-hydrogen) atoms. The lowest BCUT2D eigenvalue weighted by atomic mass is 10.2. The van der Waals surface area contributed by atoms with E-state index in [1.165, 1.54) is 4.31 Å². The lowest BCUT2D eigenvalue weighted by Gasteiger charge is -2.21. The number of hydrogen-bond acceptors (Lipinski definition) is 3. The van der Waals surface area contributed by atoms with Crippen LogP contribution < -0.4 is 4.72 Å². The van der Waals surface area contributed by atoms with Crippen molar-refractivity contribution in [2.45, 2.75) is 26.8 Å². The monoisotopic (exact) mass is 257 g/mol. The Morgan fingerprint density at radius 3 is 2.47 bits per heavy atom. The molecule has 1 N–H and O–H groups in total. The van der Waals surface area contributed by atoms with Crippen LogP contribution in [-0.4, -0.2) is 30.8 Å². The van der Waals surface area contributed by atoms with Crippen molar-refractivity contribution in [3.63, 3.8) is 0 Å². The van der Waals surface area contributed by atoms with Crippen molar-refractivity contribution in [1.29, 1.82) is 0 Å². The smallest absolute Gasteiger partial charge is 0.260 e. The summed E-state index contributed by atoms with van der Waals surface area (Å²) in [6, 6.07) is 5.11. The Morgan fingerprint density at radius 1 is 1.35 bits per heavy atom. The predicted octanol–water partition coefficient (Wildman–Crippen LogP) is 1.32. The average molecular weight is 257 g/mol. The Hall–Kier alpha value is -0.980. The van der Waals surface area contributed by atoms with Gasteiger partial charge in [0.05, 0.1) is 11.7 Å². The van der Waals surface area contributed by atoms with E-state index in [9.17, 15) is 8.42 Å². The summed E-state index contributed by atoms with van der Waals surface area (Å²) in [4.78, 5) is 4.13. The number of nitrogens with one attached hydrogen (secondary N) is 1. The Morgan fingerprint density at radius 2 is 2.00 bits per heavy atom. The molecule has 0 radical (unpaired) electrons. The van der Waals surface area contributed by atoms with Gasteiger partial charge in [-0.25, -0.2) is 0 Å². The van der Waals surface area contributed by atoms with Crippen molar-refractivity contribution in [3.8, 4) is 0 Å². The molecule has 0 aliphatic carbocycles. The molecule has 0 bridgehead atoms. The molecule has 1 aromatic heterocycles. The van der Waals surface area contributed by atoms with Crippen molar-refractivity contribution in [2.24, 2.45) is 0 Å². The van der Waals surface area contributed by atoms with Gasteiger partial charge in [0.15, 0.2) is 0 Å². The zero-order chi connectivity index (χ0) is 12.9. The summed E-state index contributed by atoms with van der Waals surface area (Å²) in [5.41, 5.74) is 0.711. The minimum Gasteiger partial charge on any atom is -0.260 e. The van der Waals surface area contributed by atoms with Gasteiger partial charge in [0, 0.05) is 19.3 Å². The highest BCUT2D eigenvalue weighted by Gasteiger charge is 2.21. The molecule has 0 aliphatic rings. The molecular formula is C11H19N3O2S. The lowest BCUT2D eigenvalue weighted by Crippen LogP contribution is -2.41. The van der Waals surface area contributed by atoms with Crippen LogP contribution in [0.2, 0.25) is 0 Å². The maximum Gasteiger partial charge on any atom is 0.280 e. The normalized spacial score (nSPS) is 13.9. The summed E-state index contributed by atoms with van der Waals surface area (Å²) < 4.78 is 27.9. The molecular weight excluding hydrogens is 238 g/mol. The number of pyridine rings is 1. The van der Waals surface area contributed by atoms with Crippen LogP contribution in [0, 0.1) is 0 Å². The number of nitrogens with zero attached hydrogens (tertiary/aromatic N) is 2. The molecule has 0 aliphatic heterocycles. The van der Waals surface area contributed by atoms with E-state index in [2.05, 4.69) is 9.71 Å². The first-order valence-electron chi connectivity index (χ1n) is 5.69. The molecule has 0 amide bonds. The molecule has 0 aromatic carbocycles. The fourth-order valence-electron chi connectivity index (χ4n) is 1.55. The molecule has 1 heterocycles. The molecule has 0 saturated carbocycles. The van der Waals surface area contributed by atoms with E-state index in [4.69, 9.17) is 0 Å². The molecule has 1 atom stereocenters. The topological polar surface area (TPSA) is 62.3 Å². The zero-order valence-electron chi connectivity index (χ0n) is 10.4. The minimum absolute atomic E-state index is 0.332. The van der Waals surface area contributed by atoms with E-state index in [1.807, 2.05) is 19.9 Å². The highest BCUT2D eigenvalue weighted by atomic mass is 32.2. The van der Waals surface area contributed by atoms with Crippen molar-refractivity contribution >= 4 is 10.2 Å². The Kier molecular flexibility index (Phi) is 5.04. The van der Waals surface area contributed by atoms with E-state index >= 15 is 0 Å². The molecule has 1 aromatic rings. The van der Waals surface area contributed by atoms with Gasteiger partial charge in [-0.3, -0.25) is 4.98 Å². The molecule has 0 fully saturated rings. The second-order valence-corrected chi connectivity index (χ2v) is 5.39. The Balaban J connectivity index is 2.78. The molecule has 0 spiro atoms. The van der Waals surface area contributed by atoms with E-state index in [1.54, 1.807) is 25.3 Å². The summed E-state index contributed by atoms with van der Waals surface area (Å²) >= 11 is 0. The fraction of sp³-hybridized carbons (Fsp3) is 0.545. The Bertz CT molecular complexity index is 429. The van der Waals surface area contributed by atoms with Gasteiger partial charge in [0.25, 0.3) is 10.2 Å². The molecule has 0 saturated heterocycles. The van der Waals surface area contributed by atoms with Gasteiger partial charge in [-0.15, -0.1) is 0 Å². The maximum absolute atomic E-state index is 12.0. The van der Waals surface area contributed by atoms with Gasteiger partial charge in [-0.2, -0.15) is 17.4 Å². The van der Waals surface area contributed by atoms with E-state index < -0.39 is 10.2 Å². The number of hydrogen-bond donors (Lipinski definition) is 1. The fourth-order valence-corrected chi connectivity index (χ4v) is 2.95. The van der Waals surface area contributed by atoms with Crippen LogP contribution in [0.3, 0.4) is 0 Å². The van der Waals surface area contributed by atoms with E-state index in [0.717, 1.165) is 0 Å². The number of aromatic nitrogens is 1. The summed E-state index contributed by atoms with van der Waals surface area (Å²) in [6.45, 7) is 6.33. The van der Waals surface area contributed by atoms with Crippen molar-refractivity contribution < 1.29 is 8.42 Å². The summed E-state index contributed by atoms with van der Waals surface area (Å²) in [5, 5.41) is 0. The van der Waals surface area contributed by atoms with E-state index in [-0.39, 0.29) is 6.04 Å². The Labute approximate surface area is 103 Å². The third-order valence-electron chi connectivity index (χ3n) is 2.50. The molecule has 1 rings (SSSR count). The zero-order valence-corrected chi connectivity index (χ0v) is 11.2. The third kappa shape index (κ3) is 3.76. The van der Waals surface area contributed by atoms with Gasteiger partial charge in [0.1, 0.15) is 0 Å². The highest BCUT2D eigenvalue weighted by molar-refractivity contribution is 7.87. The SMILES string of the molecule is CCN(CC)S(=O)(=O)N[C@H](C)c1ccccn1. The van der Waals surface area contributed by atoms with Crippen LogP contribution in [0.15, 0.2) is 24.4 Å². The van der Waals surface area contributed by atoms with Crippen molar-refractivity contribution in [1.82, 2.24) is 14.0 Å². The van der Waals surface area contributed by atoms with Crippen LogP contribution >= 0.6 is 0 Å². The van der Waals surface area contributed by atoms with Gasteiger partial charge in [0.2, 0.25) is 0 Å². The second kappa shape index (κ2) is 6.09. The summed E-state index contributed by atoms with van der Waals surface area (Å²) in [6.07, 6.45) is 1.65. The quantitative estimate of drug-likeness (QED) is 0.836.